The molecule has 0 heterocycles. The highest BCUT2D eigenvalue weighted by Gasteiger charge is 2.60. The van der Waals surface area contributed by atoms with Gasteiger partial charge < -0.3 is 25.4 Å². The molecule has 0 saturated heterocycles. The highest BCUT2D eigenvalue weighted by molar-refractivity contribution is 5.09. The summed E-state index contributed by atoms with van der Waals surface area (Å²) in [4.78, 5) is 0. The van der Waals surface area contributed by atoms with Crippen molar-refractivity contribution in [2.24, 2.45) is 52.3 Å². The molecule has 0 aromatic heterocycles. The van der Waals surface area contributed by atoms with Crippen molar-refractivity contribution in [3.05, 3.63) is 0 Å². The Morgan fingerprint density at radius 2 is 1.50 bits per heavy atom. The number of hydrogen-bond donors (Lipinski definition) is 4. The van der Waals surface area contributed by atoms with Crippen LogP contribution in [0.5, 0.6) is 0 Å². The van der Waals surface area contributed by atoms with Crippen LogP contribution in [0, 0.1) is 52.3 Å². The Labute approximate surface area is 246 Å². The number of unbranched alkanes of at least 4 members (excludes halogenated alkanes) is 1. The fourth-order valence-corrected chi connectivity index (χ4v) is 10.5. The number of aliphatic hydroxyl groups excluding tert-OH is 3. The predicted octanol–water partition coefficient (Wildman–Crippen LogP) is 6.58. The van der Waals surface area contributed by atoms with Crippen molar-refractivity contribution in [3.8, 4) is 0 Å². The van der Waals surface area contributed by atoms with Crippen LogP contribution in [0.25, 0.3) is 0 Å². The Hall–Kier alpha value is -0.200. The SMILES string of the molecule is CC(C)CCCC(C)C1CCC2C3CCC4CC(OCCCCNC(CO)(CO)CO)CCC4(C)C3CCC12C. The fourth-order valence-electron chi connectivity index (χ4n) is 10.5. The van der Waals surface area contributed by atoms with Crippen molar-refractivity contribution in [1.82, 2.24) is 5.32 Å². The van der Waals surface area contributed by atoms with E-state index >= 15 is 0 Å². The second-order valence-electron chi connectivity index (χ2n) is 15.8. The predicted molar refractivity (Wildman–Crippen MR) is 164 cm³/mol. The topological polar surface area (TPSA) is 82.0 Å². The molecule has 40 heavy (non-hydrogen) atoms. The molecule has 9 unspecified atom stereocenters. The van der Waals surface area contributed by atoms with Crippen LogP contribution in [0.15, 0.2) is 0 Å². The Morgan fingerprint density at radius 3 is 2.20 bits per heavy atom. The highest BCUT2D eigenvalue weighted by atomic mass is 16.5. The first kappa shape index (κ1) is 32.7. The van der Waals surface area contributed by atoms with Crippen LogP contribution in [0.4, 0.5) is 0 Å². The van der Waals surface area contributed by atoms with Crippen molar-refractivity contribution in [1.29, 1.82) is 0 Å². The zero-order valence-electron chi connectivity index (χ0n) is 26.8. The van der Waals surface area contributed by atoms with Gasteiger partial charge in [0, 0.05) is 6.61 Å². The zero-order chi connectivity index (χ0) is 29.0. The maximum atomic E-state index is 9.46. The molecule has 0 radical (unpaired) electrons. The summed E-state index contributed by atoms with van der Waals surface area (Å²) in [5.74, 6) is 6.35. The molecule has 4 saturated carbocycles. The van der Waals surface area contributed by atoms with Gasteiger partial charge in [0.25, 0.3) is 0 Å². The molecule has 4 rings (SSSR count). The molecule has 0 aromatic rings. The average molecular weight is 564 g/mol. The first-order valence-corrected chi connectivity index (χ1v) is 17.3. The lowest BCUT2D eigenvalue weighted by Gasteiger charge is -2.61. The molecule has 0 spiro atoms. The van der Waals surface area contributed by atoms with E-state index in [1.165, 1.54) is 77.0 Å². The van der Waals surface area contributed by atoms with Gasteiger partial charge in [-0.2, -0.15) is 0 Å². The van der Waals surface area contributed by atoms with Crippen LogP contribution in [0.2, 0.25) is 0 Å². The van der Waals surface area contributed by atoms with E-state index in [-0.39, 0.29) is 19.8 Å². The third kappa shape index (κ3) is 6.79. The Morgan fingerprint density at radius 1 is 0.800 bits per heavy atom. The van der Waals surface area contributed by atoms with Gasteiger partial charge in [-0.15, -0.1) is 0 Å². The normalized spacial score (nSPS) is 38.6. The molecule has 0 aliphatic heterocycles. The van der Waals surface area contributed by atoms with Gasteiger partial charge in [0.05, 0.1) is 31.5 Å². The number of nitrogens with one attached hydrogen (secondary N) is 1. The molecule has 9 atom stereocenters. The molecule has 4 aliphatic rings. The third-order valence-corrected chi connectivity index (χ3v) is 13.2. The summed E-state index contributed by atoms with van der Waals surface area (Å²) < 4.78 is 6.42. The Kier molecular flexibility index (Phi) is 11.5. The Bertz CT molecular complexity index is 762. The molecule has 4 aliphatic carbocycles. The highest BCUT2D eigenvalue weighted by Crippen LogP contribution is 2.68. The van der Waals surface area contributed by atoms with Crippen LogP contribution in [0.3, 0.4) is 0 Å². The second-order valence-corrected chi connectivity index (χ2v) is 15.8. The third-order valence-electron chi connectivity index (χ3n) is 13.2. The van der Waals surface area contributed by atoms with E-state index in [2.05, 4.69) is 39.9 Å². The van der Waals surface area contributed by atoms with E-state index in [9.17, 15) is 15.3 Å². The molecule has 234 valence electrons. The van der Waals surface area contributed by atoms with Crippen LogP contribution < -0.4 is 5.32 Å². The molecule has 4 fully saturated rings. The van der Waals surface area contributed by atoms with Crippen molar-refractivity contribution in [2.45, 2.75) is 136 Å². The van der Waals surface area contributed by atoms with Crippen molar-refractivity contribution in [3.63, 3.8) is 0 Å². The zero-order valence-corrected chi connectivity index (χ0v) is 26.8. The summed E-state index contributed by atoms with van der Waals surface area (Å²) in [6.45, 7) is 13.4. The minimum absolute atomic E-state index is 0.265. The van der Waals surface area contributed by atoms with E-state index < -0.39 is 5.54 Å². The Balaban J connectivity index is 1.24. The van der Waals surface area contributed by atoms with Gasteiger partial charge in [-0.25, -0.2) is 0 Å². The van der Waals surface area contributed by atoms with Gasteiger partial charge in [0.2, 0.25) is 0 Å². The lowest BCUT2D eigenvalue weighted by Crippen LogP contribution is -2.55. The largest absolute Gasteiger partial charge is 0.394 e. The number of ether oxygens (including phenoxy) is 1. The summed E-state index contributed by atoms with van der Waals surface area (Å²) in [6, 6.07) is 0. The number of hydrogen-bond acceptors (Lipinski definition) is 5. The number of rotatable bonds is 15. The van der Waals surface area contributed by atoms with E-state index in [0.29, 0.717) is 23.5 Å². The average Bonchev–Trinajstić information content (AvgIpc) is 3.30. The van der Waals surface area contributed by atoms with Crippen molar-refractivity contribution in [2.75, 3.05) is 33.0 Å². The lowest BCUT2D eigenvalue weighted by atomic mass is 9.44. The standard InChI is InChI=1S/C35H65NO4/c1-25(2)9-8-10-26(3)30-13-14-31-29-12-11-27-21-28(15-17-33(27,4)32(29)16-18-34(30,31)5)40-20-7-6-19-36-35(22-37,23-38)24-39/h25-32,36-39H,6-24H2,1-5H3. The van der Waals surface area contributed by atoms with E-state index in [4.69, 9.17) is 4.74 Å². The maximum Gasteiger partial charge on any atom is 0.0881 e. The lowest BCUT2D eigenvalue weighted by molar-refractivity contribution is -0.136. The molecular weight excluding hydrogens is 498 g/mol. The molecule has 5 nitrogen and oxygen atoms in total. The van der Waals surface area contributed by atoms with Gasteiger partial charge in [0.1, 0.15) is 0 Å². The number of aliphatic hydroxyl groups is 3. The maximum absolute atomic E-state index is 9.46. The molecule has 4 N–H and O–H groups in total. The van der Waals surface area contributed by atoms with Crippen LogP contribution in [-0.4, -0.2) is 59.9 Å². The summed E-state index contributed by atoms with van der Waals surface area (Å²) in [5, 5.41) is 31.5. The molecule has 0 bridgehead atoms. The number of fused-ring (bicyclic) bond motifs is 5. The van der Waals surface area contributed by atoms with E-state index in [1.54, 1.807) is 0 Å². The molecular formula is C35H65NO4. The van der Waals surface area contributed by atoms with Gasteiger partial charge in [-0.1, -0.05) is 53.9 Å². The van der Waals surface area contributed by atoms with Crippen LogP contribution in [0.1, 0.15) is 125 Å². The van der Waals surface area contributed by atoms with Crippen molar-refractivity contribution < 1.29 is 20.1 Å². The summed E-state index contributed by atoms with van der Waals surface area (Å²) in [6.07, 6.45) is 19.1. The van der Waals surface area contributed by atoms with Gasteiger partial charge in [-0.3, -0.25) is 0 Å². The van der Waals surface area contributed by atoms with E-state index in [1.807, 2.05) is 0 Å². The second kappa shape index (κ2) is 14.1. The quantitative estimate of drug-likeness (QED) is 0.169. The summed E-state index contributed by atoms with van der Waals surface area (Å²) in [7, 11) is 0. The molecule has 0 amide bonds. The summed E-state index contributed by atoms with van der Waals surface area (Å²) >= 11 is 0. The van der Waals surface area contributed by atoms with Gasteiger partial charge in [-0.05, 0) is 129 Å². The fraction of sp³-hybridized carbons (Fsp3) is 1.00. The van der Waals surface area contributed by atoms with E-state index in [0.717, 1.165) is 60.9 Å². The molecule has 0 aromatic carbocycles. The van der Waals surface area contributed by atoms with Crippen LogP contribution in [-0.2, 0) is 4.74 Å². The summed E-state index contributed by atoms with van der Waals surface area (Å²) in [5.41, 5.74) is 0.119. The minimum atomic E-state index is -0.977. The monoisotopic (exact) mass is 563 g/mol. The van der Waals surface area contributed by atoms with Gasteiger partial charge >= 0.3 is 0 Å². The smallest absolute Gasteiger partial charge is 0.0881 e. The first-order chi connectivity index (χ1) is 19.1. The van der Waals surface area contributed by atoms with Crippen molar-refractivity contribution >= 4 is 0 Å². The van der Waals surface area contributed by atoms with Gasteiger partial charge in [0.15, 0.2) is 0 Å². The van der Waals surface area contributed by atoms with Crippen LogP contribution >= 0.6 is 0 Å². The first-order valence-electron chi connectivity index (χ1n) is 17.3. The minimum Gasteiger partial charge on any atom is -0.394 e. The molecule has 5 heteroatoms.